The molecule has 0 bridgehead atoms. The van der Waals surface area contributed by atoms with Gasteiger partial charge in [0.2, 0.25) is 5.91 Å². The van der Waals surface area contributed by atoms with Crippen molar-refractivity contribution in [1.29, 1.82) is 0 Å². The standard InChI is InChI=1S/C33H44N4O9/c1-7-17(38)46-28-19-20(26(40)18-15(23(19)34)10-11-16(25(18)39)32(2,3)4)29(42)33(45)22(28)24(36(5)6)27(41)21(30(33)43)31(44)35-14-37-12-8-9-13-37/h10-11,21-22,24,28-29,39-40,42,45H,7-9,12-14,34H2,1-6H3,(H,35,44)/t21?,22-,24+,28+,29?,33+/m1/s1. The van der Waals surface area contributed by atoms with Crippen LogP contribution in [-0.2, 0) is 29.3 Å². The fourth-order valence-electron chi connectivity index (χ4n) is 7.44. The number of nitrogens with zero attached hydrogens (tertiary/aromatic N) is 2. The predicted molar refractivity (Wildman–Crippen MR) is 168 cm³/mol. The average Bonchev–Trinajstić information content (AvgIpc) is 3.50. The third kappa shape index (κ3) is 5.00. The van der Waals surface area contributed by atoms with Crippen molar-refractivity contribution in [2.24, 2.45) is 11.8 Å². The van der Waals surface area contributed by atoms with Crippen molar-refractivity contribution in [3.8, 4) is 11.5 Å². The molecular formula is C33H44N4O9. The summed E-state index contributed by atoms with van der Waals surface area (Å²) in [5.41, 5.74) is 3.03. The molecule has 2 aromatic rings. The van der Waals surface area contributed by atoms with Crippen molar-refractivity contribution < 1.29 is 44.3 Å². The highest BCUT2D eigenvalue weighted by molar-refractivity contribution is 6.24. The third-order valence-corrected chi connectivity index (χ3v) is 9.77. The number of hydrogen-bond donors (Lipinski definition) is 6. The van der Waals surface area contributed by atoms with E-state index in [9.17, 15) is 39.6 Å². The zero-order chi connectivity index (χ0) is 34.0. The second-order valence-electron chi connectivity index (χ2n) is 13.9. The lowest BCUT2D eigenvalue weighted by Crippen LogP contribution is -2.72. The van der Waals surface area contributed by atoms with E-state index in [0.29, 0.717) is 5.56 Å². The van der Waals surface area contributed by atoms with Gasteiger partial charge in [0, 0.05) is 34.2 Å². The summed E-state index contributed by atoms with van der Waals surface area (Å²) in [4.78, 5) is 58.1. The number of benzene rings is 2. The summed E-state index contributed by atoms with van der Waals surface area (Å²) in [6.07, 6.45) is -2.07. The second-order valence-corrected chi connectivity index (χ2v) is 13.9. The minimum absolute atomic E-state index is 0.0866. The van der Waals surface area contributed by atoms with E-state index in [2.05, 4.69) is 5.32 Å². The molecule has 13 nitrogen and oxygen atoms in total. The van der Waals surface area contributed by atoms with Gasteiger partial charge in [-0.1, -0.05) is 39.8 Å². The van der Waals surface area contributed by atoms with Gasteiger partial charge in [-0.15, -0.1) is 0 Å². The summed E-state index contributed by atoms with van der Waals surface area (Å²) in [5.74, 6) is -8.45. The van der Waals surface area contributed by atoms with Crippen LogP contribution in [0.1, 0.15) is 75.9 Å². The van der Waals surface area contributed by atoms with Crippen LogP contribution in [0.3, 0.4) is 0 Å². The van der Waals surface area contributed by atoms with Gasteiger partial charge in [0.1, 0.15) is 23.7 Å². The van der Waals surface area contributed by atoms with E-state index in [0.717, 1.165) is 25.9 Å². The van der Waals surface area contributed by atoms with Crippen molar-refractivity contribution in [1.82, 2.24) is 15.1 Å². The van der Waals surface area contributed by atoms with Crippen molar-refractivity contribution in [2.45, 2.75) is 76.2 Å². The van der Waals surface area contributed by atoms with E-state index in [1.807, 2.05) is 25.7 Å². The number of phenolic OH excluding ortho intramolecular Hbond substituents is 2. The first-order valence-corrected chi connectivity index (χ1v) is 15.6. The number of anilines is 1. The fraction of sp³-hybridized carbons (Fsp3) is 0.576. The summed E-state index contributed by atoms with van der Waals surface area (Å²) in [7, 11) is 3.01. The quantitative estimate of drug-likeness (QED) is 0.115. The number of phenols is 2. The van der Waals surface area contributed by atoms with Gasteiger partial charge in [-0.25, -0.2) is 0 Å². The zero-order valence-electron chi connectivity index (χ0n) is 27.1. The number of hydrogen-bond acceptors (Lipinski definition) is 12. The molecule has 2 unspecified atom stereocenters. The maximum atomic E-state index is 14.3. The van der Waals surface area contributed by atoms with Gasteiger partial charge in [0.05, 0.1) is 24.0 Å². The Bertz CT molecular complexity index is 1610. The van der Waals surface area contributed by atoms with Gasteiger partial charge in [-0.05, 0) is 45.4 Å². The number of nitrogen functional groups attached to an aromatic ring is 1. The summed E-state index contributed by atoms with van der Waals surface area (Å²) in [6, 6.07) is 1.82. The number of ether oxygens (including phenoxy) is 1. The van der Waals surface area contributed by atoms with Crippen LogP contribution in [0.15, 0.2) is 12.1 Å². The molecule has 250 valence electrons. The number of ketones is 2. The Labute approximate surface area is 267 Å². The molecule has 1 saturated carbocycles. The number of Topliss-reactive ketones (excluding diaryl/α,β-unsaturated/α-hetero) is 2. The fourth-order valence-corrected chi connectivity index (χ4v) is 7.44. The Morgan fingerprint density at radius 1 is 1.11 bits per heavy atom. The van der Waals surface area contributed by atoms with E-state index in [1.165, 1.54) is 25.9 Å². The Morgan fingerprint density at radius 2 is 1.74 bits per heavy atom. The smallest absolute Gasteiger partial charge is 0.306 e. The summed E-state index contributed by atoms with van der Waals surface area (Å²) >= 11 is 0. The molecule has 1 saturated heterocycles. The number of esters is 1. The van der Waals surface area contributed by atoms with Gasteiger partial charge in [0.25, 0.3) is 0 Å². The Morgan fingerprint density at radius 3 is 2.30 bits per heavy atom. The molecule has 2 fully saturated rings. The van der Waals surface area contributed by atoms with Crippen molar-refractivity contribution in [3.63, 3.8) is 0 Å². The molecule has 7 N–H and O–H groups in total. The van der Waals surface area contributed by atoms with E-state index in [4.69, 9.17) is 10.5 Å². The highest BCUT2D eigenvalue weighted by Crippen LogP contribution is 2.60. The number of likely N-dealkylation sites (N-methyl/N-ethyl adjacent to an activating group) is 1. The maximum absolute atomic E-state index is 14.3. The molecule has 5 rings (SSSR count). The molecule has 46 heavy (non-hydrogen) atoms. The summed E-state index contributed by atoms with van der Waals surface area (Å²) < 4.78 is 5.83. The second kappa shape index (κ2) is 11.8. The molecule has 1 heterocycles. The van der Waals surface area contributed by atoms with Crippen LogP contribution in [0, 0.1) is 11.8 Å². The largest absolute Gasteiger partial charge is 0.507 e. The van der Waals surface area contributed by atoms with Gasteiger partial charge < -0.3 is 36.2 Å². The number of amides is 1. The number of aliphatic hydroxyl groups is 2. The minimum Gasteiger partial charge on any atom is -0.507 e. The Kier molecular flexibility index (Phi) is 8.60. The van der Waals surface area contributed by atoms with Crippen LogP contribution in [-0.4, -0.2) is 99.2 Å². The number of aromatic hydroxyl groups is 2. The average molecular weight is 641 g/mol. The molecular weight excluding hydrogens is 596 g/mol. The van der Waals surface area contributed by atoms with Gasteiger partial charge >= 0.3 is 5.97 Å². The van der Waals surface area contributed by atoms with Crippen LogP contribution in [0.2, 0.25) is 0 Å². The van der Waals surface area contributed by atoms with Crippen molar-refractivity contribution in [2.75, 3.05) is 39.6 Å². The molecule has 6 atom stereocenters. The van der Waals surface area contributed by atoms with Crippen LogP contribution < -0.4 is 11.1 Å². The van der Waals surface area contributed by atoms with Crippen LogP contribution in [0.4, 0.5) is 5.69 Å². The first-order chi connectivity index (χ1) is 21.5. The molecule has 2 aliphatic carbocycles. The van der Waals surface area contributed by atoms with Gasteiger partial charge in [-0.2, -0.15) is 0 Å². The number of likely N-dealkylation sites (tertiary alicyclic amines) is 1. The number of fused-ring (bicyclic) bond motifs is 3. The molecule has 0 radical (unpaired) electrons. The van der Waals surface area contributed by atoms with Crippen molar-refractivity contribution >= 4 is 39.9 Å². The molecule has 13 heteroatoms. The maximum Gasteiger partial charge on any atom is 0.306 e. The molecule has 1 aliphatic heterocycles. The van der Waals surface area contributed by atoms with Crippen LogP contribution in [0.25, 0.3) is 10.8 Å². The van der Waals surface area contributed by atoms with E-state index >= 15 is 0 Å². The monoisotopic (exact) mass is 640 g/mol. The SMILES string of the molecule is CCC(=O)O[C@H]1c2c(c(O)c3c(O)c(C(C)(C)C)ccc3c2N)C(O)[C@]2(O)C(=O)C(C(=O)NCN3CCCC3)C(=O)[C@@H](N(C)C)[C@H]12. The van der Waals surface area contributed by atoms with E-state index in [1.54, 1.807) is 12.1 Å². The van der Waals surface area contributed by atoms with Crippen molar-refractivity contribution in [3.05, 3.63) is 28.8 Å². The lowest BCUT2D eigenvalue weighted by atomic mass is 9.56. The first-order valence-electron chi connectivity index (χ1n) is 15.6. The number of nitrogens with one attached hydrogen (secondary N) is 1. The highest BCUT2D eigenvalue weighted by atomic mass is 16.5. The summed E-state index contributed by atoms with van der Waals surface area (Å²) in [5, 5.41) is 50.2. The number of carbonyl (C=O) groups is 4. The Balaban J connectivity index is 1.76. The molecule has 0 aromatic heterocycles. The van der Waals surface area contributed by atoms with Gasteiger partial charge in [-0.3, -0.25) is 29.0 Å². The third-order valence-electron chi connectivity index (χ3n) is 9.77. The zero-order valence-corrected chi connectivity index (χ0v) is 27.1. The lowest BCUT2D eigenvalue weighted by Gasteiger charge is -2.54. The van der Waals surface area contributed by atoms with Gasteiger partial charge in [0.15, 0.2) is 23.1 Å². The number of aliphatic hydroxyl groups excluding tert-OH is 1. The molecule has 0 spiro atoms. The van der Waals surface area contributed by atoms with E-state index < -0.39 is 75.9 Å². The first kappa shape index (κ1) is 33.6. The molecule has 3 aliphatic rings. The van der Waals surface area contributed by atoms with Crippen LogP contribution in [0.5, 0.6) is 11.5 Å². The number of carbonyl (C=O) groups excluding carboxylic acids is 4. The molecule has 2 aromatic carbocycles. The highest BCUT2D eigenvalue weighted by Gasteiger charge is 2.70. The lowest BCUT2D eigenvalue weighted by molar-refractivity contribution is -0.209. The van der Waals surface area contributed by atoms with Crippen LogP contribution >= 0.6 is 0 Å². The molecule has 1 amide bonds. The minimum atomic E-state index is -2.90. The van der Waals surface area contributed by atoms with E-state index in [-0.39, 0.29) is 40.9 Å². The number of rotatable bonds is 6. The predicted octanol–water partition coefficient (Wildman–Crippen LogP) is 1.39. The normalized spacial score (nSPS) is 28.3. The summed E-state index contributed by atoms with van der Waals surface area (Å²) in [6.45, 7) is 8.64. The Hall–Kier alpha value is -3.78. The number of nitrogens with two attached hydrogens (primary N) is 1. The topological polar surface area (TPSA) is 203 Å².